The van der Waals surface area contributed by atoms with Crippen LogP contribution in [-0.4, -0.2) is 29.1 Å². The van der Waals surface area contributed by atoms with Crippen molar-refractivity contribution in [1.29, 1.82) is 0 Å². The van der Waals surface area contributed by atoms with Crippen molar-refractivity contribution in [2.75, 3.05) is 12.4 Å². The Bertz CT molecular complexity index is 650. The van der Waals surface area contributed by atoms with E-state index in [9.17, 15) is 13.2 Å². The monoisotopic (exact) mass is 285 g/mol. The summed E-state index contributed by atoms with van der Waals surface area (Å²) in [5.74, 6) is 0.997. The van der Waals surface area contributed by atoms with Gasteiger partial charge in [0.1, 0.15) is 11.6 Å². The molecule has 0 spiro atoms. The predicted molar refractivity (Wildman–Crippen MR) is 69.1 cm³/mol. The Morgan fingerprint density at radius 3 is 2.80 bits per heavy atom. The van der Waals surface area contributed by atoms with Crippen LogP contribution in [0.1, 0.15) is 19.4 Å². The number of aromatic nitrogens is 2. The molecule has 1 aliphatic rings. The minimum atomic E-state index is -4.31. The van der Waals surface area contributed by atoms with E-state index in [1.54, 1.807) is 25.1 Å². The van der Waals surface area contributed by atoms with Crippen LogP contribution in [0.2, 0.25) is 0 Å². The van der Waals surface area contributed by atoms with Crippen LogP contribution in [0.15, 0.2) is 18.2 Å². The van der Waals surface area contributed by atoms with Gasteiger partial charge in [-0.1, -0.05) is 0 Å². The number of anilines is 1. The smallest absolute Gasteiger partial charge is 0.410 e. The molecule has 1 N–H and O–H groups in total. The van der Waals surface area contributed by atoms with Crippen LogP contribution >= 0.6 is 0 Å². The van der Waals surface area contributed by atoms with Crippen molar-refractivity contribution in [3.05, 3.63) is 18.2 Å². The molecule has 0 amide bonds. The van der Waals surface area contributed by atoms with Gasteiger partial charge in [-0.05, 0) is 31.5 Å². The lowest BCUT2D eigenvalue weighted by molar-refractivity contribution is -0.173. The summed E-state index contributed by atoms with van der Waals surface area (Å²) in [5, 5.41) is 7.81. The summed E-state index contributed by atoms with van der Waals surface area (Å²) in [4.78, 5) is 0. The number of methoxy groups -OCH3 is 1. The van der Waals surface area contributed by atoms with Crippen molar-refractivity contribution in [3.63, 3.8) is 0 Å². The largest absolute Gasteiger partial charge is 0.497 e. The predicted octanol–water partition coefficient (Wildman–Crippen LogP) is 3.35. The normalized spacial score (nSPS) is 22.4. The van der Waals surface area contributed by atoms with Gasteiger partial charge in [-0.25, -0.2) is 4.68 Å². The first-order valence-electron chi connectivity index (χ1n) is 6.29. The molecule has 3 rings (SSSR count). The Morgan fingerprint density at radius 2 is 2.15 bits per heavy atom. The molecule has 1 aliphatic heterocycles. The highest BCUT2D eigenvalue weighted by molar-refractivity contribution is 5.91. The first-order valence-corrected chi connectivity index (χ1v) is 6.29. The standard InChI is InChI=1S/C13H14F3N3O/c1-7-5-11(13(14,15)16)19-12(17-7)9-6-8(20-2)3-4-10(9)18-19/h3-4,6-7,11,17H,5H2,1-2H3. The Hall–Kier alpha value is -1.92. The molecule has 7 heteroatoms. The molecule has 0 saturated carbocycles. The summed E-state index contributed by atoms with van der Waals surface area (Å²) >= 11 is 0. The van der Waals surface area contributed by atoms with E-state index in [4.69, 9.17) is 4.74 Å². The van der Waals surface area contributed by atoms with Crippen molar-refractivity contribution in [3.8, 4) is 5.75 Å². The number of alkyl halides is 3. The van der Waals surface area contributed by atoms with Crippen molar-refractivity contribution in [2.24, 2.45) is 0 Å². The topological polar surface area (TPSA) is 39.1 Å². The number of benzene rings is 1. The Balaban J connectivity index is 2.20. The molecule has 0 saturated heterocycles. The summed E-state index contributed by atoms with van der Waals surface area (Å²) < 4.78 is 45.6. The fourth-order valence-corrected chi connectivity index (χ4v) is 2.58. The number of hydrogen-bond acceptors (Lipinski definition) is 3. The molecule has 1 aromatic heterocycles. The van der Waals surface area contributed by atoms with Crippen LogP contribution in [-0.2, 0) is 0 Å². The zero-order valence-electron chi connectivity index (χ0n) is 11.0. The van der Waals surface area contributed by atoms with Gasteiger partial charge >= 0.3 is 6.18 Å². The number of nitrogens with zero attached hydrogens (tertiary/aromatic N) is 2. The third-order valence-corrected chi connectivity index (χ3v) is 3.54. The van der Waals surface area contributed by atoms with Crippen molar-refractivity contribution >= 4 is 16.7 Å². The Morgan fingerprint density at radius 1 is 1.40 bits per heavy atom. The summed E-state index contributed by atoms with van der Waals surface area (Å²) in [5.41, 5.74) is 0.525. The van der Waals surface area contributed by atoms with Gasteiger partial charge in [-0.15, -0.1) is 0 Å². The molecule has 2 heterocycles. The molecule has 2 atom stereocenters. The number of fused-ring (bicyclic) bond motifs is 3. The number of nitrogens with one attached hydrogen (secondary N) is 1. The molecule has 2 aromatic rings. The van der Waals surface area contributed by atoms with Gasteiger partial charge in [0, 0.05) is 11.4 Å². The van der Waals surface area contributed by atoms with E-state index in [-0.39, 0.29) is 12.5 Å². The molecule has 0 fully saturated rings. The molecule has 0 bridgehead atoms. The van der Waals surface area contributed by atoms with E-state index >= 15 is 0 Å². The van der Waals surface area contributed by atoms with Gasteiger partial charge in [-0.3, -0.25) is 0 Å². The second-order valence-electron chi connectivity index (χ2n) is 5.01. The number of rotatable bonds is 1. The second kappa shape index (κ2) is 4.29. The summed E-state index contributed by atoms with van der Waals surface area (Å²) in [6.07, 6.45) is -4.33. The molecule has 4 nitrogen and oxygen atoms in total. The van der Waals surface area contributed by atoms with Gasteiger partial charge in [-0.2, -0.15) is 18.3 Å². The minimum Gasteiger partial charge on any atom is -0.497 e. The van der Waals surface area contributed by atoms with Crippen molar-refractivity contribution in [1.82, 2.24) is 9.78 Å². The van der Waals surface area contributed by atoms with Gasteiger partial charge in [0.05, 0.1) is 12.6 Å². The van der Waals surface area contributed by atoms with Crippen LogP contribution in [0.4, 0.5) is 19.0 Å². The lowest BCUT2D eigenvalue weighted by Crippen LogP contribution is -2.37. The van der Waals surface area contributed by atoms with E-state index < -0.39 is 12.2 Å². The van der Waals surface area contributed by atoms with E-state index in [1.165, 1.54) is 7.11 Å². The highest BCUT2D eigenvalue weighted by atomic mass is 19.4. The maximum Gasteiger partial charge on any atom is 0.410 e. The molecular formula is C13H14F3N3O. The second-order valence-corrected chi connectivity index (χ2v) is 5.01. The van der Waals surface area contributed by atoms with Crippen LogP contribution in [0.5, 0.6) is 5.75 Å². The molecule has 20 heavy (non-hydrogen) atoms. The van der Waals surface area contributed by atoms with E-state index in [0.717, 1.165) is 4.68 Å². The summed E-state index contributed by atoms with van der Waals surface area (Å²) in [6.45, 7) is 1.74. The summed E-state index contributed by atoms with van der Waals surface area (Å²) in [6, 6.07) is 3.20. The fraction of sp³-hybridized carbons (Fsp3) is 0.462. The van der Waals surface area contributed by atoms with Gasteiger partial charge in [0.25, 0.3) is 0 Å². The minimum absolute atomic E-state index is 0.0262. The number of hydrogen-bond donors (Lipinski definition) is 1. The van der Waals surface area contributed by atoms with Crippen LogP contribution in [0.3, 0.4) is 0 Å². The third-order valence-electron chi connectivity index (χ3n) is 3.54. The first-order chi connectivity index (χ1) is 9.40. The van der Waals surface area contributed by atoms with E-state index in [0.29, 0.717) is 22.5 Å². The third kappa shape index (κ3) is 1.97. The fourth-order valence-electron chi connectivity index (χ4n) is 2.58. The van der Waals surface area contributed by atoms with Gasteiger partial charge in [0.15, 0.2) is 6.04 Å². The highest BCUT2D eigenvalue weighted by Gasteiger charge is 2.45. The van der Waals surface area contributed by atoms with Crippen LogP contribution in [0, 0.1) is 0 Å². The average molecular weight is 285 g/mol. The lowest BCUT2D eigenvalue weighted by Gasteiger charge is -2.31. The lowest BCUT2D eigenvalue weighted by atomic mass is 10.1. The zero-order valence-corrected chi connectivity index (χ0v) is 11.0. The molecule has 0 radical (unpaired) electrons. The first kappa shape index (κ1) is 13.1. The van der Waals surface area contributed by atoms with Crippen molar-refractivity contribution in [2.45, 2.75) is 31.6 Å². The molecule has 0 aliphatic carbocycles. The molecule has 1 aromatic carbocycles. The summed E-state index contributed by atoms with van der Waals surface area (Å²) in [7, 11) is 1.52. The Kier molecular flexibility index (Phi) is 2.81. The van der Waals surface area contributed by atoms with Crippen molar-refractivity contribution < 1.29 is 17.9 Å². The maximum absolute atomic E-state index is 13.2. The molecular weight excluding hydrogens is 271 g/mol. The number of ether oxygens (including phenoxy) is 1. The van der Waals surface area contributed by atoms with Crippen LogP contribution < -0.4 is 10.1 Å². The van der Waals surface area contributed by atoms with E-state index in [2.05, 4.69) is 10.4 Å². The van der Waals surface area contributed by atoms with Gasteiger partial charge in [0.2, 0.25) is 0 Å². The number of halogens is 3. The quantitative estimate of drug-likeness (QED) is 0.873. The zero-order chi connectivity index (χ0) is 14.5. The highest BCUT2D eigenvalue weighted by Crippen LogP contribution is 2.42. The van der Waals surface area contributed by atoms with Gasteiger partial charge < -0.3 is 10.1 Å². The molecule has 2 unspecified atom stereocenters. The Labute approximate surface area is 113 Å². The SMILES string of the molecule is COc1ccc2nn3c(c2c1)NC(C)CC3C(F)(F)F. The molecule has 108 valence electrons. The average Bonchev–Trinajstić information content (AvgIpc) is 2.74. The maximum atomic E-state index is 13.2. The van der Waals surface area contributed by atoms with Crippen LogP contribution in [0.25, 0.3) is 10.9 Å². The van der Waals surface area contributed by atoms with E-state index in [1.807, 2.05) is 0 Å².